The van der Waals surface area contributed by atoms with Gasteiger partial charge in [-0.3, -0.25) is 4.90 Å². The number of hydrogen-bond donors (Lipinski definition) is 0. The maximum Gasteiger partial charge on any atom is 0.213 e. The Morgan fingerprint density at radius 1 is 0.952 bits per heavy atom. The minimum atomic E-state index is 0.0409. The molecule has 1 aliphatic heterocycles. The number of nitrogens with zero attached hydrogens (tertiary/aromatic N) is 2. The number of piperidine rings is 1. The zero-order chi connectivity index (χ0) is 14.3. The van der Waals surface area contributed by atoms with Crippen molar-refractivity contribution >= 4 is 0 Å². The number of ether oxygens (including phenoxy) is 1. The second kappa shape index (κ2) is 7.23. The molecule has 0 spiro atoms. The van der Waals surface area contributed by atoms with Crippen LogP contribution >= 0.6 is 0 Å². The maximum atomic E-state index is 6.15. The van der Waals surface area contributed by atoms with Crippen molar-refractivity contribution in [2.24, 2.45) is 0 Å². The van der Waals surface area contributed by atoms with E-state index >= 15 is 0 Å². The van der Waals surface area contributed by atoms with Crippen molar-refractivity contribution in [2.45, 2.75) is 25.4 Å². The second-order valence-corrected chi connectivity index (χ2v) is 5.55. The van der Waals surface area contributed by atoms with Crippen LogP contribution in [-0.4, -0.2) is 29.5 Å². The highest BCUT2D eigenvalue weighted by atomic mass is 16.5. The molecule has 0 radical (unpaired) electrons. The van der Waals surface area contributed by atoms with E-state index in [-0.39, 0.29) is 6.10 Å². The standard InChI is InChI=1S/C18H22N2O/c1-3-9-16(10-4-1)17(15-20-13-7-2-8-14-20)21-18-11-5-6-12-19-18/h1,3-6,9-12,17H,2,7-8,13-15H2/t17-/m1/s1. The lowest BCUT2D eigenvalue weighted by Gasteiger charge is -2.30. The Balaban J connectivity index is 1.74. The van der Waals surface area contributed by atoms with Crippen molar-refractivity contribution < 1.29 is 4.74 Å². The Kier molecular flexibility index (Phi) is 4.85. The third-order valence-corrected chi connectivity index (χ3v) is 3.94. The van der Waals surface area contributed by atoms with E-state index in [1.807, 2.05) is 24.3 Å². The summed E-state index contributed by atoms with van der Waals surface area (Å²) in [5, 5.41) is 0. The summed E-state index contributed by atoms with van der Waals surface area (Å²) in [5.41, 5.74) is 1.22. The van der Waals surface area contributed by atoms with Crippen LogP contribution in [0.25, 0.3) is 0 Å². The molecule has 1 atom stereocenters. The molecule has 0 saturated carbocycles. The van der Waals surface area contributed by atoms with E-state index in [0.29, 0.717) is 5.88 Å². The van der Waals surface area contributed by atoms with Gasteiger partial charge in [-0.05, 0) is 37.6 Å². The fourth-order valence-corrected chi connectivity index (χ4v) is 2.82. The van der Waals surface area contributed by atoms with Crippen molar-refractivity contribution in [1.82, 2.24) is 9.88 Å². The lowest BCUT2D eigenvalue weighted by atomic mass is 10.1. The Labute approximate surface area is 126 Å². The number of likely N-dealkylation sites (tertiary alicyclic amines) is 1. The fourth-order valence-electron chi connectivity index (χ4n) is 2.82. The van der Waals surface area contributed by atoms with Crippen molar-refractivity contribution in [1.29, 1.82) is 0 Å². The van der Waals surface area contributed by atoms with E-state index in [9.17, 15) is 0 Å². The lowest BCUT2D eigenvalue weighted by molar-refractivity contribution is 0.115. The van der Waals surface area contributed by atoms with Gasteiger partial charge in [-0.1, -0.05) is 42.8 Å². The molecule has 21 heavy (non-hydrogen) atoms. The van der Waals surface area contributed by atoms with Gasteiger partial charge in [0.1, 0.15) is 6.10 Å². The van der Waals surface area contributed by atoms with E-state index in [0.717, 1.165) is 6.54 Å². The Bertz CT molecular complexity index is 523. The summed E-state index contributed by atoms with van der Waals surface area (Å²) < 4.78 is 6.15. The first-order chi connectivity index (χ1) is 10.4. The minimum Gasteiger partial charge on any atom is -0.468 e. The van der Waals surface area contributed by atoms with Crippen molar-refractivity contribution in [3.63, 3.8) is 0 Å². The van der Waals surface area contributed by atoms with E-state index < -0.39 is 0 Å². The number of hydrogen-bond acceptors (Lipinski definition) is 3. The molecular formula is C18H22N2O. The Morgan fingerprint density at radius 3 is 2.43 bits per heavy atom. The van der Waals surface area contributed by atoms with Gasteiger partial charge < -0.3 is 4.74 Å². The molecule has 0 aliphatic carbocycles. The highest BCUT2D eigenvalue weighted by molar-refractivity contribution is 5.20. The largest absolute Gasteiger partial charge is 0.468 e. The lowest BCUT2D eigenvalue weighted by Crippen LogP contribution is -2.35. The molecular weight excluding hydrogens is 260 g/mol. The van der Waals surface area contributed by atoms with Gasteiger partial charge in [0.25, 0.3) is 0 Å². The first-order valence-electron chi connectivity index (χ1n) is 7.77. The molecule has 3 heteroatoms. The molecule has 0 unspecified atom stereocenters. The van der Waals surface area contributed by atoms with E-state index in [4.69, 9.17) is 4.74 Å². The summed E-state index contributed by atoms with van der Waals surface area (Å²) in [6, 6.07) is 16.3. The smallest absolute Gasteiger partial charge is 0.213 e. The van der Waals surface area contributed by atoms with Crippen molar-refractivity contribution in [2.75, 3.05) is 19.6 Å². The van der Waals surface area contributed by atoms with Crippen LogP contribution in [-0.2, 0) is 0 Å². The normalized spacial score (nSPS) is 17.3. The topological polar surface area (TPSA) is 25.4 Å². The average Bonchev–Trinajstić information content (AvgIpc) is 2.57. The Morgan fingerprint density at radius 2 is 1.71 bits per heavy atom. The monoisotopic (exact) mass is 282 g/mol. The zero-order valence-electron chi connectivity index (χ0n) is 12.3. The van der Waals surface area contributed by atoms with Crippen LogP contribution < -0.4 is 4.74 Å². The van der Waals surface area contributed by atoms with Gasteiger partial charge in [0, 0.05) is 18.8 Å². The van der Waals surface area contributed by atoms with Crippen LogP contribution in [0.4, 0.5) is 0 Å². The highest BCUT2D eigenvalue weighted by Crippen LogP contribution is 2.22. The molecule has 1 aromatic carbocycles. The van der Waals surface area contributed by atoms with Gasteiger partial charge in [0.2, 0.25) is 5.88 Å². The highest BCUT2D eigenvalue weighted by Gasteiger charge is 2.19. The van der Waals surface area contributed by atoms with E-state index in [1.54, 1.807) is 6.20 Å². The molecule has 1 fully saturated rings. The SMILES string of the molecule is c1ccc([C@@H](CN2CCCCC2)Oc2ccccn2)cc1. The number of rotatable bonds is 5. The summed E-state index contributed by atoms with van der Waals surface area (Å²) in [6.45, 7) is 3.28. The summed E-state index contributed by atoms with van der Waals surface area (Å²) in [4.78, 5) is 6.80. The Hall–Kier alpha value is -1.87. The van der Waals surface area contributed by atoms with Crippen molar-refractivity contribution in [3.05, 3.63) is 60.3 Å². The van der Waals surface area contributed by atoms with E-state index in [2.05, 4.69) is 34.1 Å². The minimum absolute atomic E-state index is 0.0409. The summed E-state index contributed by atoms with van der Waals surface area (Å²) >= 11 is 0. The molecule has 2 aromatic rings. The van der Waals surface area contributed by atoms with Gasteiger partial charge in [-0.25, -0.2) is 4.98 Å². The molecule has 0 N–H and O–H groups in total. The van der Waals surface area contributed by atoms with Gasteiger partial charge in [-0.2, -0.15) is 0 Å². The van der Waals surface area contributed by atoms with Gasteiger partial charge in [0.05, 0.1) is 0 Å². The molecule has 0 amide bonds. The zero-order valence-corrected chi connectivity index (χ0v) is 12.3. The first kappa shape index (κ1) is 14.1. The quantitative estimate of drug-likeness (QED) is 0.836. The molecule has 0 bridgehead atoms. The summed E-state index contributed by atoms with van der Waals surface area (Å²) in [7, 11) is 0. The van der Waals surface area contributed by atoms with Crippen LogP contribution in [0.15, 0.2) is 54.7 Å². The summed E-state index contributed by atoms with van der Waals surface area (Å²) in [6.07, 6.45) is 5.77. The number of pyridine rings is 1. The third-order valence-electron chi connectivity index (χ3n) is 3.94. The second-order valence-electron chi connectivity index (χ2n) is 5.55. The van der Waals surface area contributed by atoms with Crippen LogP contribution in [0.1, 0.15) is 30.9 Å². The number of aromatic nitrogens is 1. The molecule has 110 valence electrons. The molecule has 1 saturated heterocycles. The van der Waals surface area contributed by atoms with E-state index in [1.165, 1.54) is 37.9 Å². The van der Waals surface area contributed by atoms with Gasteiger partial charge in [0.15, 0.2) is 0 Å². The van der Waals surface area contributed by atoms with Crippen LogP contribution in [0.2, 0.25) is 0 Å². The molecule has 1 aliphatic rings. The van der Waals surface area contributed by atoms with Crippen LogP contribution in [0.3, 0.4) is 0 Å². The average molecular weight is 282 g/mol. The van der Waals surface area contributed by atoms with Gasteiger partial charge >= 0.3 is 0 Å². The molecule has 3 nitrogen and oxygen atoms in total. The maximum absolute atomic E-state index is 6.15. The van der Waals surface area contributed by atoms with Crippen LogP contribution in [0.5, 0.6) is 5.88 Å². The fraction of sp³-hybridized carbons (Fsp3) is 0.389. The molecule has 3 rings (SSSR count). The molecule has 1 aromatic heterocycles. The number of benzene rings is 1. The van der Waals surface area contributed by atoms with Crippen molar-refractivity contribution in [3.8, 4) is 5.88 Å². The van der Waals surface area contributed by atoms with Crippen LogP contribution in [0, 0.1) is 0 Å². The predicted octanol–water partition coefficient (Wildman–Crippen LogP) is 3.69. The van der Waals surface area contributed by atoms with Gasteiger partial charge in [-0.15, -0.1) is 0 Å². The molecule has 2 heterocycles. The first-order valence-corrected chi connectivity index (χ1v) is 7.77. The summed E-state index contributed by atoms with van der Waals surface area (Å²) in [5.74, 6) is 0.698. The predicted molar refractivity (Wildman–Crippen MR) is 84.3 cm³/mol. The third kappa shape index (κ3) is 4.05.